The molecule has 2 aromatic carbocycles. The number of hydrogen-bond donors (Lipinski definition) is 1. The number of Topliss-reactive ketones (excluding diaryl/α,β-unsaturated/α-hetero) is 1. The van der Waals surface area contributed by atoms with Gasteiger partial charge in [-0.15, -0.1) is 0 Å². The Kier molecular flexibility index (Phi) is 6.16. The highest BCUT2D eigenvalue weighted by atomic mass is 19.1. The summed E-state index contributed by atoms with van der Waals surface area (Å²) in [6.07, 6.45) is 1.12. The van der Waals surface area contributed by atoms with Crippen molar-refractivity contribution in [1.82, 2.24) is 10.2 Å². The van der Waals surface area contributed by atoms with Crippen molar-refractivity contribution in [2.24, 2.45) is 5.92 Å². The number of likely N-dealkylation sites (tertiary alicyclic amines) is 1. The summed E-state index contributed by atoms with van der Waals surface area (Å²) < 4.78 is 24.0. The number of carbonyl (C=O) groups is 3. The Balaban J connectivity index is 1.27. The number of nitrogens with one attached hydrogen (secondary N) is 1. The molecule has 2 aliphatic rings. The minimum absolute atomic E-state index is 0.0358. The molecule has 1 N–H and O–H groups in total. The van der Waals surface area contributed by atoms with Crippen LogP contribution in [0.2, 0.25) is 0 Å². The molecule has 0 aliphatic carbocycles. The third-order valence-corrected chi connectivity index (χ3v) is 5.55. The maximum Gasteiger partial charge on any atom is 0.251 e. The lowest BCUT2D eigenvalue weighted by molar-refractivity contribution is -0.131. The van der Waals surface area contributed by atoms with Gasteiger partial charge in [0, 0.05) is 30.1 Å². The molecule has 0 saturated carbocycles. The van der Waals surface area contributed by atoms with Crippen molar-refractivity contribution in [3.63, 3.8) is 0 Å². The van der Waals surface area contributed by atoms with Gasteiger partial charge in [-0.05, 0) is 55.3 Å². The zero-order valence-corrected chi connectivity index (χ0v) is 16.9. The van der Waals surface area contributed by atoms with E-state index in [4.69, 9.17) is 9.47 Å². The van der Waals surface area contributed by atoms with Gasteiger partial charge in [0.2, 0.25) is 5.91 Å². The molecule has 0 bridgehead atoms. The topological polar surface area (TPSA) is 84.9 Å². The first-order valence-electron chi connectivity index (χ1n) is 10.3. The SMILES string of the molecule is O=C(NCC(=O)N1CCC(C(=O)c2ccc3c(c2)OCCO3)CC1)c1ccc(F)cc1. The third-order valence-electron chi connectivity index (χ3n) is 5.55. The van der Waals surface area contributed by atoms with Crippen LogP contribution in [0.15, 0.2) is 42.5 Å². The molecular weight excluding hydrogens is 403 g/mol. The van der Waals surface area contributed by atoms with Gasteiger partial charge in [-0.3, -0.25) is 14.4 Å². The minimum Gasteiger partial charge on any atom is -0.486 e. The highest BCUT2D eigenvalue weighted by Crippen LogP contribution is 2.32. The smallest absolute Gasteiger partial charge is 0.251 e. The summed E-state index contributed by atoms with van der Waals surface area (Å²) in [5.74, 6) is 0.0283. The number of benzene rings is 2. The second-order valence-corrected chi connectivity index (χ2v) is 7.57. The van der Waals surface area contributed by atoms with Crippen molar-refractivity contribution < 1.29 is 28.2 Å². The van der Waals surface area contributed by atoms with E-state index in [-0.39, 0.29) is 29.7 Å². The van der Waals surface area contributed by atoms with Gasteiger partial charge < -0.3 is 19.7 Å². The maximum absolute atomic E-state index is 13.0. The Bertz CT molecular complexity index is 984. The number of ketones is 1. The van der Waals surface area contributed by atoms with Crippen molar-refractivity contribution >= 4 is 17.6 Å². The summed E-state index contributed by atoms with van der Waals surface area (Å²) in [5.41, 5.74) is 0.874. The standard InChI is InChI=1S/C23H23FN2O5/c24-18-4-1-16(2-5-18)23(29)25-14-21(27)26-9-7-15(8-10-26)22(28)17-3-6-19-20(13-17)31-12-11-30-19/h1-6,13,15H,7-12,14H2,(H,25,29). The van der Waals surface area contributed by atoms with Gasteiger partial charge >= 0.3 is 0 Å². The molecule has 0 radical (unpaired) electrons. The number of fused-ring (bicyclic) bond motifs is 1. The van der Waals surface area contributed by atoms with E-state index in [1.807, 2.05) is 0 Å². The minimum atomic E-state index is -0.433. The van der Waals surface area contributed by atoms with E-state index in [2.05, 4.69) is 5.32 Å². The summed E-state index contributed by atoms with van der Waals surface area (Å²) in [7, 11) is 0. The number of halogens is 1. The number of rotatable bonds is 5. The van der Waals surface area contributed by atoms with Crippen LogP contribution in [0.4, 0.5) is 4.39 Å². The van der Waals surface area contributed by atoms with Crippen LogP contribution in [0.1, 0.15) is 33.6 Å². The normalized spacial score (nSPS) is 16.0. The molecule has 4 rings (SSSR count). The van der Waals surface area contributed by atoms with E-state index < -0.39 is 11.7 Å². The second-order valence-electron chi connectivity index (χ2n) is 7.57. The Morgan fingerprint density at radius 3 is 2.29 bits per heavy atom. The third kappa shape index (κ3) is 4.84. The first kappa shape index (κ1) is 20.8. The van der Waals surface area contributed by atoms with Crippen molar-refractivity contribution in [2.75, 3.05) is 32.8 Å². The zero-order chi connectivity index (χ0) is 21.8. The van der Waals surface area contributed by atoms with Gasteiger partial charge in [0.15, 0.2) is 17.3 Å². The van der Waals surface area contributed by atoms with E-state index in [9.17, 15) is 18.8 Å². The fourth-order valence-corrected chi connectivity index (χ4v) is 3.79. The number of nitrogens with zero attached hydrogens (tertiary/aromatic N) is 1. The molecule has 2 amide bonds. The van der Waals surface area contributed by atoms with Gasteiger partial charge in [-0.25, -0.2) is 4.39 Å². The van der Waals surface area contributed by atoms with Crippen LogP contribution in [-0.4, -0.2) is 55.3 Å². The summed E-state index contributed by atoms with van der Waals surface area (Å²) in [6, 6.07) is 10.3. The number of carbonyl (C=O) groups excluding carboxylic acids is 3. The van der Waals surface area contributed by atoms with Crippen LogP contribution in [0.5, 0.6) is 11.5 Å². The molecule has 2 heterocycles. The average molecular weight is 426 g/mol. The first-order chi connectivity index (χ1) is 15.0. The van der Waals surface area contributed by atoms with Crippen LogP contribution >= 0.6 is 0 Å². The van der Waals surface area contributed by atoms with E-state index in [0.717, 1.165) is 0 Å². The monoisotopic (exact) mass is 426 g/mol. The number of piperidine rings is 1. The zero-order valence-electron chi connectivity index (χ0n) is 16.9. The molecule has 1 fully saturated rings. The van der Waals surface area contributed by atoms with Gasteiger partial charge in [0.05, 0.1) is 6.54 Å². The first-order valence-corrected chi connectivity index (χ1v) is 10.3. The molecule has 7 nitrogen and oxygen atoms in total. The molecule has 2 aliphatic heterocycles. The Hall–Kier alpha value is -3.42. The Morgan fingerprint density at radius 2 is 1.58 bits per heavy atom. The molecule has 0 aromatic heterocycles. The van der Waals surface area contributed by atoms with Crippen molar-refractivity contribution in [3.8, 4) is 11.5 Å². The summed E-state index contributed by atoms with van der Waals surface area (Å²) in [5, 5.41) is 2.56. The number of hydrogen-bond acceptors (Lipinski definition) is 5. The van der Waals surface area contributed by atoms with Crippen LogP contribution in [0.3, 0.4) is 0 Å². The van der Waals surface area contributed by atoms with Gasteiger partial charge in [-0.1, -0.05) is 0 Å². The van der Waals surface area contributed by atoms with Crippen molar-refractivity contribution in [3.05, 3.63) is 59.4 Å². The molecule has 0 spiro atoms. The second kappa shape index (κ2) is 9.16. The van der Waals surface area contributed by atoms with Gasteiger partial charge in [0.1, 0.15) is 19.0 Å². The lowest BCUT2D eigenvalue weighted by Gasteiger charge is -2.31. The van der Waals surface area contributed by atoms with Gasteiger partial charge in [0.25, 0.3) is 5.91 Å². The van der Waals surface area contributed by atoms with E-state index in [1.165, 1.54) is 24.3 Å². The average Bonchev–Trinajstić information content (AvgIpc) is 2.82. The fraction of sp³-hybridized carbons (Fsp3) is 0.348. The van der Waals surface area contributed by atoms with Crippen LogP contribution in [0, 0.1) is 11.7 Å². The number of amides is 2. The molecule has 0 atom stereocenters. The largest absolute Gasteiger partial charge is 0.486 e. The van der Waals surface area contributed by atoms with Crippen molar-refractivity contribution in [2.45, 2.75) is 12.8 Å². The number of ether oxygens (including phenoxy) is 2. The van der Waals surface area contributed by atoms with E-state index >= 15 is 0 Å². The quantitative estimate of drug-likeness (QED) is 0.743. The molecular formula is C23H23FN2O5. The Labute approximate surface area is 179 Å². The van der Waals surface area contributed by atoms with Gasteiger partial charge in [-0.2, -0.15) is 0 Å². The molecule has 31 heavy (non-hydrogen) atoms. The van der Waals surface area contributed by atoms with E-state index in [0.29, 0.717) is 56.2 Å². The summed E-state index contributed by atoms with van der Waals surface area (Å²) >= 11 is 0. The van der Waals surface area contributed by atoms with Crippen LogP contribution < -0.4 is 14.8 Å². The Morgan fingerprint density at radius 1 is 0.935 bits per heavy atom. The lowest BCUT2D eigenvalue weighted by Crippen LogP contribution is -2.45. The molecule has 2 aromatic rings. The highest BCUT2D eigenvalue weighted by Gasteiger charge is 2.29. The molecule has 8 heteroatoms. The summed E-state index contributed by atoms with van der Waals surface area (Å²) in [6.45, 7) is 1.72. The highest BCUT2D eigenvalue weighted by molar-refractivity contribution is 5.99. The van der Waals surface area contributed by atoms with Crippen LogP contribution in [0.25, 0.3) is 0 Å². The fourth-order valence-electron chi connectivity index (χ4n) is 3.79. The molecule has 1 saturated heterocycles. The van der Waals surface area contributed by atoms with Crippen LogP contribution in [-0.2, 0) is 4.79 Å². The maximum atomic E-state index is 13.0. The van der Waals surface area contributed by atoms with E-state index in [1.54, 1.807) is 23.1 Å². The summed E-state index contributed by atoms with van der Waals surface area (Å²) in [4.78, 5) is 39.0. The molecule has 162 valence electrons. The lowest BCUT2D eigenvalue weighted by atomic mass is 9.88. The predicted molar refractivity (Wildman–Crippen MR) is 110 cm³/mol. The molecule has 0 unspecified atom stereocenters. The predicted octanol–water partition coefficient (Wildman–Crippen LogP) is 2.45. The van der Waals surface area contributed by atoms with Crippen molar-refractivity contribution in [1.29, 1.82) is 0 Å².